The van der Waals surface area contributed by atoms with Crippen molar-refractivity contribution < 1.29 is 19.7 Å². The van der Waals surface area contributed by atoms with E-state index in [9.17, 15) is 15.0 Å². The second kappa shape index (κ2) is 8.00. The summed E-state index contributed by atoms with van der Waals surface area (Å²) in [6.45, 7) is 3.76. The molecule has 3 N–H and O–H groups in total. The highest BCUT2D eigenvalue weighted by Gasteiger charge is 2.28. The number of fused-ring (bicyclic) bond motifs is 1. The minimum atomic E-state index is -0.373. The third-order valence-electron chi connectivity index (χ3n) is 5.15. The van der Waals surface area contributed by atoms with Crippen molar-refractivity contribution in [3.05, 3.63) is 53.8 Å². The number of nitrogens with one attached hydrogen (secondary N) is 1. The molecule has 1 saturated heterocycles. The standard InChI is InChI=1S/C21H23N3O4/c25-19-7-3-6-16(20(19)26)23-21(27)17-12-14-4-1-2-5-15(14)18(22-17)13-24-8-10-28-11-9-24/h1-7,14,25-26H,8-13H2,(H,23,27). The van der Waals surface area contributed by atoms with E-state index >= 15 is 0 Å². The summed E-state index contributed by atoms with van der Waals surface area (Å²) in [5.74, 6) is -0.893. The largest absolute Gasteiger partial charge is 0.504 e. The summed E-state index contributed by atoms with van der Waals surface area (Å²) < 4.78 is 5.42. The highest BCUT2D eigenvalue weighted by Crippen LogP contribution is 2.34. The molecule has 2 aliphatic heterocycles. The molecule has 0 radical (unpaired) electrons. The highest BCUT2D eigenvalue weighted by atomic mass is 16.5. The number of aliphatic imine (C=N–C) groups is 1. The van der Waals surface area contributed by atoms with Crippen LogP contribution in [0.2, 0.25) is 0 Å². The Labute approximate surface area is 163 Å². The van der Waals surface area contributed by atoms with Crippen LogP contribution in [-0.2, 0) is 9.53 Å². The molecule has 1 amide bonds. The Kier molecular flexibility index (Phi) is 5.27. The average Bonchev–Trinajstić information content (AvgIpc) is 2.72. The molecule has 4 rings (SSSR count). The predicted octanol–water partition coefficient (Wildman–Crippen LogP) is 2.21. The maximum Gasteiger partial charge on any atom is 0.270 e. The van der Waals surface area contributed by atoms with Gasteiger partial charge in [0, 0.05) is 32.0 Å². The molecule has 0 spiro atoms. The van der Waals surface area contributed by atoms with E-state index in [1.807, 2.05) is 12.2 Å². The molecule has 1 unspecified atom stereocenters. The number of para-hydroxylation sites is 1. The number of carbonyl (C=O) groups is 1. The summed E-state index contributed by atoms with van der Waals surface area (Å²) in [7, 11) is 0. The second-order valence-corrected chi connectivity index (χ2v) is 7.03. The average molecular weight is 381 g/mol. The molecule has 28 heavy (non-hydrogen) atoms. The van der Waals surface area contributed by atoms with Gasteiger partial charge in [-0.15, -0.1) is 0 Å². The lowest BCUT2D eigenvalue weighted by Gasteiger charge is -2.30. The molecule has 1 atom stereocenters. The molecule has 146 valence electrons. The first-order valence-corrected chi connectivity index (χ1v) is 9.39. The fourth-order valence-electron chi connectivity index (χ4n) is 3.62. The van der Waals surface area contributed by atoms with Gasteiger partial charge in [0.2, 0.25) is 0 Å². The smallest absolute Gasteiger partial charge is 0.270 e. The van der Waals surface area contributed by atoms with E-state index in [-0.39, 0.29) is 29.0 Å². The van der Waals surface area contributed by atoms with Crippen molar-refractivity contribution in [2.24, 2.45) is 10.9 Å². The van der Waals surface area contributed by atoms with Crippen molar-refractivity contribution in [3.8, 4) is 11.5 Å². The number of benzene rings is 1. The van der Waals surface area contributed by atoms with E-state index in [4.69, 9.17) is 4.74 Å². The predicted molar refractivity (Wildman–Crippen MR) is 107 cm³/mol. The molecular formula is C21H23N3O4. The van der Waals surface area contributed by atoms with Gasteiger partial charge in [-0.3, -0.25) is 14.7 Å². The zero-order valence-electron chi connectivity index (χ0n) is 15.5. The van der Waals surface area contributed by atoms with Gasteiger partial charge in [-0.05, 0) is 17.7 Å². The van der Waals surface area contributed by atoms with Gasteiger partial charge in [-0.1, -0.05) is 30.4 Å². The Morgan fingerprint density at radius 2 is 2.07 bits per heavy atom. The first kappa shape index (κ1) is 18.5. The van der Waals surface area contributed by atoms with Crippen molar-refractivity contribution in [1.82, 2.24) is 4.90 Å². The molecular weight excluding hydrogens is 358 g/mol. The molecule has 0 bridgehead atoms. The molecule has 1 aromatic carbocycles. The Hall–Kier alpha value is -2.90. The van der Waals surface area contributed by atoms with Crippen LogP contribution in [0.25, 0.3) is 0 Å². The number of nitrogens with zero attached hydrogens (tertiary/aromatic N) is 2. The lowest BCUT2D eigenvalue weighted by molar-refractivity contribution is -0.110. The topological polar surface area (TPSA) is 94.4 Å². The summed E-state index contributed by atoms with van der Waals surface area (Å²) in [5, 5.41) is 22.2. The van der Waals surface area contributed by atoms with E-state index in [1.165, 1.54) is 12.1 Å². The van der Waals surface area contributed by atoms with Crippen molar-refractivity contribution in [1.29, 1.82) is 0 Å². The van der Waals surface area contributed by atoms with Gasteiger partial charge in [0.1, 0.15) is 5.71 Å². The first-order chi connectivity index (χ1) is 13.6. The minimum Gasteiger partial charge on any atom is -0.504 e. The van der Waals surface area contributed by atoms with Crippen LogP contribution in [-0.4, -0.2) is 59.6 Å². The Morgan fingerprint density at radius 1 is 1.25 bits per heavy atom. The van der Waals surface area contributed by atoms with Crippen molar-refractivity contribution in [2.75, 3.05) is 38.2 Å². The summed E-state index contributed by atoms with van der Waals surface area (Å²) >= 11 is 0. The van der Waals surface area contributed by atoms with Gasteiger partial charge in [-0.2, -0.15) is 0 Å². The van der Waals surface area contributed by atoms with Crippen LogP contribution in [0.4, 0.5) is 5.69 Å². The number of aromatic hydroxyl groups is 2. The molecule has 7 heteroatoms. The van der Waals surface area contributed by atoms with Crippen LogP contribution in [0.3, 0.4) is 0 Å². The van der Waals surface area contributed by atoms with Gasteiger partial charge < -0.3 is 20.3 Å². The van der Waals surface area contributed by atoms with E-state index in [0.29, 0.717) is 31.9 Å². The molecule has 2 heterocycles. The van der Waals surface area contributed by atoms with Gasteiger partial charge >= 0.3 is 0 Å². The van der Waals surface area contributed by atoms with Crippen LogP contribution in [0.5, 0.6) is 11.5 Å². The summed E-state index contributed by atoms with van der Waals surface area (Å²) in [6.07, 6.45) is 8.63. The van der Waals surface area contributed by atoms with E-state index in [2.05, 4.69) is 27.4 Å². The van der Waals surface area contributed by atoms with Gasteiger partial charge in [0.05, 0.1) is 24.6 Å². The zero-order valence-corrected chi connectivity index (χ0v) is 15.5. The highest BCUT2D eigenvalue weighted by molar-refractivity contribution is 6.43. The number of phenols is 2. The first-order valence-electron chi connectivity index (χ1n) is 9.39. The monoisotopic (exact) mass is 381 g/mol. The number of rotatable bonds is 4. The number of anilines is 1. The van der Waals surface area contributed by atoms with Crippen LogP contribution < -0.4 is 5.32 Å². The minimum absolute atomic E-state index is 0.108. The van der Waals surface area contributed by atoms with Crippen molar-refractivity contribution in [3.63, 3.8) is 0 Å². The quantitative estimate of drug-likeness (QED) is 0.695. The van der Waals surface area contributed by atoms with Crippen LogP contribution in [0.15, 0.2) is 58.8 Å². The lowest BCUT2D eigenvalue weighted by atomic mass is 9.85. The molecule has 1 fully saturated rings. The SMILES string of the molecule is O=C(Nc1cccc(O)c1O)C1=NC(CN2CCOCC2)=C2C=CC=CC2C1. The van der Waals surface area contributed by atoms with Gasteiger partial charge in [0.25, 0.3) is 5.91 Å². The molecule has 0 saturated carbocycles. The van der Waals surface area contributed by atoms with Crippen molar-refractivity contribution >= 4 is 17.3 Å². The number of phenolic OH excluding ortho intramolecular Hbond substituents is 2. The summed E-state index contributed by atoms with van der Waals surface area (Å²) in [4.78, 5) is 19.8. The molecule has 1 aliphatic carbocycles. The lowest BCUT2D eigenvalue weighted by Crippen LogP contribution is -2.38. The third-order valence-corrected chi connectivity index (χ3v) is 5.15. The number of morpholine rings is 1. The zero-order chi connectivity index (χ0) is 19.5. The van der Waals surface area contributed by atoms with Crippen LogP contribution in [0, 0.1) is 5.92 Å². The Bertz CT molecular complexity index is 895. The fourth-order valence-corrected chi connectivity index (χ4v) is 3.62. The molecule has 3 aliphatic rings. The van der Waals surface area contributed by atoms with Crippen LogP contribution >= 0.6 is 0 Å². The van der Waals surface area contributed by atoms with E-state index in [1.54, 1.807) is 6.07 Å². The Balaban J connectivity index is 1.58. The van der Waals surface area contributed by atoms with E-state index in [0.717, 1.165) is 24.4 Å². The number of amides is 1. The van der Waals surface area contributed by atoms with Gasteiger partial charge in [0.15, 0.2) is 11.5 Å². The fraction of sp³-hybridized carbons (Fsp3) is 0.333. The van der Waals surface area contributed by atoms with E-state index < -0.39 is 0 Å². The maximum atomic E-state index is 12.8. The molecule has 1 aromatic rings. The number of carbonyl (C=O) groups excluding carboxylic acids is 1. The number of hydrogen-bond donors (Lipinski definition) is 3. The van der Waals surface area contributed by atoms with Crippen LogP contribution in [0.1, 0.15) is 6.42 Å². The van der Waals surface area contributed by atoms with Crippen molar-refractivity contribution in [2.45, 2.75) is 6.42 Å². The number of hydrogen-bond acceptors (Lipinski definition) is 6. The number of ether oxygens (including phenoxy) is 1. The second-order valence-electron chi connectivity index (χ2n) is 7.03. The number of allylic oxidation sites excluding steroid dienone is 5. The van der Waals surface area contributed by atoms with Gasteiger partial charge in [-0.25, -0.2) is 0 Å². The molecule has 0 aromatic heterocycles. The normalized spacial score (nSPS) is 22.0. The Morgan fingerprint density at radius 3 is 2.89 bits per heavy atom. The molecule has 7 nitrogen and oxygen atoms in total. The summed E-state index contributed by atoms with van der Waals surface area (Å²) in [6, 6.07) is 4.46. The summed E-state index contributed by atoms with van der Waals surface area (Å²) in [5.41, 5.74) is 2.62. The third kappa shape index (κ3) is 3.85. The maximum absolute atomic E-state index is 12.8.